The molecule has 0 spiro atoms. The molecule has 3 rings (SSSR count). The van der Waals surface area contributed by atoms with E-state index in [1.807, 2.05) is 13.8 Å². The molecule has 2 amide bonds. The number of methoxy groups -OCH3 is 1. The average Bonchev–Trinajstić information content (AvgIpc) is 3.10. The number of aromatic nitrogens is 4. The number of amides is 2. The van der Waals surface area contributed by atoms with Gasteiger partial charge in [-0.2, -0.15) is 5.10 Å². The Morgan fingerprint density at radius 3 is 2.71 bits per heavy atom. The van der Waals surface area contributed by atoms with E-state index in [9.17, 15) is 9.59 Å². The van der Waals surface area contributed by atoms with Crippen molar-refractivity contribution >= 4 is 28.8 Å². The van der Waals surface area contributed by atoms with Gasteiger partial charge in [0.05, 0.1) is 18.5 Å². The molecule has 0 saturated heterocycles. The van der Waals surface area contributed by atoms with Gasteiger partial charge in [0.25, 0.3) is 0 Å². The highest BCUT2D eigenvalue weighted by atomic mass is 16.5. The molecule has 0 aliphatic carbocycles. The molecular weight excluding hydrogens is 360 g/mol. The lowest BCUT2D eigenvalue weighted by atomic mass is 10.0. The molecular formula is C19H22N6O3. The number of rotatable bonds is 6. The van der Waals surface area contributed by atoms with E-state index in [0.29, 0.717) is 29.2 Å². The molecule has 3 aromatic rings. The van der Waals surface area contributed by atoms with Crippen molar-refractivity contribution in [1.29, 1.82) is 0 Å². The first-order chi connectivity index (χ1) is 13.4. The van der Waals surface area contributed by atoms with Gasteiger partial charge in [-0.1, -0.05) is 0 Å². The molecule has 1 aromatic carbocycles. The number of hydrogen-bond acceptors (Lipinski definition) is 6. The molecule has 2 heterocycles. The normalized spacial score (nSPS) is 10.7. The van der Waals surface area contributed by atoms with Crippen LogP contribution in [0.25, 0.3) is 5.65 Å². The topological polar surface area (TPSA) is 111 Å². The Hall–Kier alpha value is -3.49. The Balaban J connectivity index is 1.73. The molecule has 0 saturated carbocycles. The van der Waals surface area contributed by atoms with Crippen molar-refractivity contribution in [3.63, 3.8) is 0 Å². The molecule has 0 fully saturated rings. The summed E-state index contributed by atoms with van der Waals surface area (Å²) in [5.74, 6) is 0.157. The van der Waals surface area contributed by atoms with Crippen LogP contribution >= 0.6 is 0 Å². The van der Waals surface area contributed by atoms with Crippen LogP contribution < -0.4 is 15.4 Å². The second-order valence-electron chi connectivity index (χ2n) is 6.43. The summed E-state index contributed by atoms with van der Waals surface area (Å²) in [6.45, 7) is 5.28. The number of aryl methyl sites for hydroxylation is 2. The van der Waals surface area contributed by atoms with Gasteiger partial charge in [-0.3, -0.25) is 9.59 Å². The minimum Gasteiger partial charge on any atom is -0.495 e. The van der Waals surface area contributed by atoms with Crippen LogP contribution in [-0.2, 0) is 16.0 Å². The highest BCUT2D eigenvalue weighted by molar-refractivity contribution is 5.95. The zero-order valence-electron chi connectivity index (χ0n) is 16.2. The van der Waals surface area contributed by atoms with Gasteiger partial charge in [-0.25, -0.2) is 4.52 Å². The van der Waals surface area contributed by atoms with Crippen molar-refractivity contribution in [3.05, 3.63) is 41.3 Å². The Bertz CT molecular complexity index is 1040. The van der Waals surface area contributed by atoms with Crippen molar-refractivity contribution in [2.75, 3.05) is 17.7 Å². The summed E-state index contributed by atoms with van der Waals surface area (Å²) in [5.41, 5.74) is 4.54. The van der Waals surface area contributed by atoms with E-state index < -0.39 is 0 Å². The lowest BCUT2D eigenvalue weighted by Gasteiger charge is -2.13. The lowest BCUT2D eigenvalue weighted by Crippen LogP contribution is -2.15. The van der Waals surface area contributed by atoms with Gasteiger partial charge in [0, 0.05) is 24.6 Å². The number of carbonyl (C=O) groups is 2. The first kappa shape index (κ1) is 19.3. The van der Waals surface area contributed by atoms with Gasteiger partial charge < -0.3 is 15.4 Å². The summed E-state index contributed by atoms with van der Waals surface area (Å²) in [5, 5.41) is 17.9. The Kier molecular flexibility index (Phi) is 5.53. The Labute approximate surface area is 162 Å². The second-order valence-corrected chi connectivity index (χ2v) is 6.43. The number of ether oxygens (including phenoxy) is 1. The van der Waals surface area contributed by atoms with E-state index in [4.69, 9.17) is 4.74 Å². The molecule has 9 nitrogen and oxygen atoms in total. The van der Waals surface area contributed by atoms with E-state index in [-0.39, 0.29) is 18.2 Å². The van der Waals surface area contributed by atoms with Crippen molar-refractivity contribution in [2.24, 2.45) is 0 Å². The third kappa shape index (κ3) is 4.08. The average molecular weight is 382 g/mol. The van der Waals surface area contributed by atoms with Gasteiger partial charge in [0.1, 0.15) is 12.1 Å². The van der Waals surface area contributed by atoms with Crippen molar-refractivity contribution in [1.82, 2.24) is 19.8 Å². The molecule has 2 N–H and O–H groups in total. The van der Waals surface area contributed by atoms with E-state index >= 15 is 0 Å². The number of benzene rings is 1. The molecule has 146 valence electrons. The van der Waals surface area contributed by atoms with E-state index in [0.717, 1.165) is 16.8 Å². The number of nitrogens with zero attached hydrogens (tertiary/aromatic N) is 4. The quantitative estimate of drug-likeness (QED) is 0.677. The fourth-order valence-corrected chi connectivity index (χ4v) is 3.08. The lowest BCUT2D eigenvalue weighted by molar-refractivity contribution is -0.116. The monoisotopic (exact) mass is 382 g/mol. The SMILES string of the molecule is COc1ccc(NC(C)=O)cc1NC(=O)CCc1c(C)nn2cnnc2c1C. The van der Waals surface area contributed by atoms with Gasteiger partial charge in [-0.15, -0.1) is 10.2 Å². The maximum Gasteiger partial charge on any atom is 0.224 e. The van der Waals surface area contributed by atoms with Crippen LogP contribution in [0.5, 0.6) is 5.75 Å². The van der Waals surface area contributed by atoms with Crippen LogP contribution in [0.2, 0.25) is 0 Å². The molecule has 0 radical (unpaired) electrons. The van der Waals surface area contributed by atoms with Crippen LogP contribution in [0.3, 0.4) is 0 Å². The predicted octanol–water partition coefficient (Wildman–Crippen LogP) is 2.28. The summed E-state index contributed by atoms with van der Waals surface area (Å²) in [6.07, 6.45) is 2.34. The minimum absolute atomic E-state index is 0.168. The summed E-state index contributed by atoms with van der Waals surface area (Å²) in [4.78, 5) is 23.8. The second kappa shape index (κ2) is 8.03. The van der Waals surface area contributed by atoms with Gasteiger partial charge >= 0.3 is 0 Å². The number of fused-ring (bicyclic) bond motifs is 1. The van der Waals surface area contributed by atoms with Gasteiger partial charge in [-0.05, 0) is 44.0 Å². The van der Waals surface area contributed by atoms with Crippen LogP contribution in [0.15, 0.2) is 24.5 Å². The summed E-state index contributed by atoms with van der Waals surface area (Å²) in [7, 11) is 1.52. The first-order valence-electron chi connectivity index (χ1n) is 8.80. The van der Waals surface area contributed by atoms with Gasteiger partial charge in [0.15, 0.2) is 5.65 Å². The maximum absolute atomic E-state index is 12.5. The fourth-order valence-electron chi connectivity index (χ4n) is 3.08. The summed E-state index contributed by atoms with van der Waals surface area (Å²) < 4.78 is 6.92. The van der Waals surface area contributed by atoms with Crippen LogP contribution in [0, 0.1) is 13.8 Å². The molecule has 0 aliphatic heterocycles. The standard InChI is InChI=1S/C19H22N6O3/c1-11-15(12(2)24-25-10-20-23-19(11)25)6-8-18(27)22-16-9-14(21-13(3)26)5-7-17(16)28-4/h5,7,9-10H,6,8H2,1-4H3,(H,21,26)(H,22,27). The molecule has 2 aromatic heterocycles. The summed E-state index contributed by atoms with van der Waals surface area (Å²) in [6, 6.07) is 5.07. The molecule has 0 unspecified atom stereocenters. The Morgan fingerprint density at radius 1 is 1.21 bits per heavy atom. The smallest absolute Gasteiger partial charge is 0.224 e. The van der Waals surface area contributed by atoms with Crippen molar-refractivity contribution < 1.29 is 14.3 Å². The predicted molar refractivity (Wildman–Crippen MR) is 105 cm³/mol. The molecule has 0 aliphatic rings. The Morgan fingerprint density at radius 2 is 2.00 bits per heavy atom. The molecule has 0 atom stereocenters. The van der Waals surface area contributed by atoms with E-state index in [2.05, 4.69) is 25.9 Å². The summed E-state index contributed by atoms with van der Waals surface area (Å²) >= 11 is 0. The van der Waals surface area contributed by atoms with Crippen molar-refractivity contribution in [2.45, 2.75) is 33.6 Å². The maximum atomic E-state index is 12.5. The third-order valence-corrected chi connectivity index (χ3v) is 4.41. The van der Waals surface area contributed by atoms with Crippen molar-refractivity contribution in [3.8, 4) is 5.75 Å². The van der Waals surface area contributed by atoms with Crippen LogP contribution in [0.4, 0.5) is 11.4 Å². The molecule has 28 heavy (non-hydrogen) atoms. The molecule has 0 bridgehead atoms. The van der Waals surface area contributed by atoms with Crippen LogP contribution in [-0.4, -0.2) is 38.7 Å². The number of nitrogens with one attached hydrogen (secondary N) is 2. The largest absolute Gasteiger partial charge is 0.495 e. The minimum atomic E-state index is -0.190. The number of carbonyl (C=O) groups excluding carboxylic acids is 2. The highest BCUT2D eigenvalue weighted by Crippen LogP contribution is 2.28. The highest BCUT2D eigenvalue weighted by Gasteiger charge is 2.14. The number of anilines is 2. The fraction of sp³-hybridized carbons (Fsp3) is 0.316. The third-order valence-electron chi connectivity index (χ3n) is 4.41. The zero-order valence-corrected chi connectivity index (χ0v) is 16.2. The molecule has 9 heteroatoms. The number of hydrogen-bond donors (Lipinski definition) is 2. The van der Waals surface area contributed by atoms with Crippen LogP contribution in [0.1, 0.15) is 30.2 Å². The van der Waals surface area contributed by atoms with Gasteiger partial charge in [0.2, 0.25) is 11.8 Å². The zero-order chi connectivity index (χ0) is 20.3. The first-order valence-corrected chi connectivity index (χ1v) is 8.80. The van der Waals surface area contributed by atoms with E-state index in [1.54, 1.807) is 29.0 Å². The van der Waals surface area contributed by atoms with E-state index in [1.165, 1.54) is 14.0 Å².